The number of fused-ring (bicyclic) bond motifs is 1. The summed E-state index contributed by atoms with van der Waals surface area (Å²) >= 11 is 2.64. The molecule has 0 amide bonds. The van der Waals surface area contributed by atoms with Crippen molar-refractivity contribution in [2.75, 3.05) is 19.5 Å². The number of aryl methyl sites for hydroxylation is 2. The number of thioether (sulfide) groups is 1. The highest BCUT2D eigenvalue weighted by Crippen LogP contribution is 2.36. The number of hydrogen-bond donors (Lipinski definition) is 0. The first-order valence-electron chi connectivity index (χ1n) is 8.69. The SMILES string of the molecule is CCOC(=O)c1sc2nc(C)nc(SCC(=O)c3cccc(OC)c3)c2c1C. The fraction of sp³-hybridized carbons (Fsp3) is 0.300. The lowest BCUT2D eigenvalue weighted by Crippen LogP contribution is -2.04. The van der Waals surface area contributed by atoms with Crippen molar-refractivity contribution >= 4 is 45.1 Å². The molecule has 0 atom stereocenters. The molecule has 0 spiro atoms. The summed E-state index contributed by atoms with van der Waals surface area (Å²) in [6, 6.07) is 7.07. The Morgan fingerprint density at radius 2 is 2.00 bits per heavy atom. The molecule has 0 aliphatic rings. The third-order valence-electron chi connectivity index (χ3n) is 4.06. The van der Waals surface area contributed by atoms with Crippen LogP contribution in [-0.4, -0.2) is 41.2 Å². The van der Waals surface area contributed by atoms with E-state index in [2.05, 4.69) is 9.97 Å². The molecule has 2 heterocycles. The molecule has 28 heavy (non-hydrogen) atoms. The number of hydrogen-bond acceptors (Lipinski definition) is 8. The van der Waals surface area contributed by atoms with E-state index < -0.39 is 0 Å². The number of Topliss-reactive ketones (excluding diaryl/α,β-unsaturated/α-hetero) is 1. The van der Waals surface area contributed by atoms with Gasteiger partial charge >= 0.3 is 5.97 Å². The number of methoxy groups -OCH3 is 1. The van der Waals surface area contributed by atoms with Gasteiger partial charge in [-0.25, -0.2) is 14.8 Å². The predicted molar refractivity (Wildman–Crippen MR) is 111 cm³/mol. The van der Waals surface area contributed by atoms with Gasteiger partial charge in [0.25, 0.3) is 0 Å². The Hall–Kier alpha value is -2.45. The van der Waals surface area contributed by atoms with Gasteiger partial charge < -0.3 is 9.47 Å². The number of ketones is 1. The molecule has 0 saturated carbocycles. The van der Waals surface area contributed by atoms with Gasteiger partial charge in [0.2, 0.25) is 0 Å². The number of ether oxygens (including phenoxy) is 2. The molecule has 1 aromatic carbocycles. The van der Waals surface area contributed by atoms with Crippen molar-refractivity contribution in [1.29, 1.82) is 0 Å². The van der Waals surface area contributed by atoms with Crippen molar-refractivity contribution in [2.24, 2.45) is 0 Å². The molecule has 146 valence electrons. The first kappa shape index (κ1) is 20.3. The van der Waals surface area contributed by atoms with E-state index in [0.29, 0.717) is 33.6 Å². The number of carbonyl (C=O) groups is 2. The maximum atomic E-state index is 12.6. The molecular formula is C20H20N2O4S2. The minimum absolute atomic E-state index is 0.0215. The largest absolute Gasteiger partial charge is 0.497 e. The number of esters is 1. The third-order valence-corrected chi connectivity index (χ3v) is 6.20. The van der Waals surface area contributed by atoms with E-state index in [9.17, 15) is 9.59 Å². The maximum Gasteiger partial charge on any atom is 0.348 e. The van der Waals surface area contributed by atoms with Crippen molar-refractivity contribution in [3.05, 3.63) is 46.1 Å². The minimum atomic E-state index is -0.357. The minimum Gasteiger partial charge on any atom is -0.497 e. The van der Waals surface area contributed by atoms with Gasteiger partial charge in [0, 0.05) is 10.9 Å². The molecule has 0 fully saturated rings. The summed E-state index contributed by atoms with van der Waals surface area (Å²) in [5.41, 5.74) is 1.37. The number of nitrogens with zero attached hydrogens (tertiary/aromatic N) is 2. The molecule has 3 rings (SSSR count). The van der Waals surface area contributed by atoms with Crippen LogP contribution in [0.5, 0.6) is 5.75 Å². The van der Waals surface area contributed by atoms with E-state index in [0.717, 1.165) is 15.8 Å². The van der Waals surface area contributed by atoms with E-state index in [1.54, 1.807) is 45.2 Å². The number of aromatic nitrogens is 2. The second-order valence-electron chi connectivity index (χ2n) is 5.98. The summed E-state index contributed by atoms with van der Waals surface area (Å²) < 4.78 is 10.3. The molecule has 8 heteroatoms. The molecule has 0 unspecified atom stereocenters. The normalized spacial score (nSPS) is 10.9. The van der Waals surface area contributed by atoms with Crippen LogP contribution in [0.3, 0.4) is 0 Å². The van der Waals surface area contributed by atoms with Crippen LogP contribution >= 0.6 is 23.1 Å². The topological polar surface area (TPSA) is 78.4 Å². The Balaban J connectivity index is 1.90. The van der Waals surface area contributed by atoms with E-state index >= 15 is 0 Å². The lowest BCUT2D eigenvalue weighted by atomic mass is 10.1. The monoisotopic (exact) mass is 416 g/mol. The molecule has 6 nitrogen and oxygen atoms in total. The smallest absolute Gasteiger partial charge is 0.348 e. The lowest BCUT2D eigenvalue weighted by molar-refractivity contribution is 0.0531. The van der Waals surface area contributed by atoms with E-state index in [1.165, 1.54) is 23.1 Å². The quantitative estimate of drug-likeness (QED) is 0.243. The van der Waals surface area contributed by atoms with Gasteiger partial charge in [-0.3, -0.25) is 4.79 Å². The third kappa shape index (κ3) is 4.18. The fourth-order valence-electron chi connectivity index (χ4n) is 2.71. The zero-order valence-corrected chi connectivity index (χ0v) is 17.7. The van der Waals surface area contributed by atoms with E-state index in [4.69, 9.17) is 9.47 Å². The van der Waals surface area contributed by atoms with Gasteiger partial charge in [-0.2, -0.15) is 0 Å². The zero-order chi connectivity index (χ0) is 20.3. The second-order valence-corrected chi connectivity index (χ2v) is 7.94. The fourth-order valence-corrected chi connectivity index (χ4v) is 4.92. The number of carbonyl (C=O) groups excluding carboxylic acids is 2. The molecule has 0 N–H and O–H groups in total. The Kier molecular flexibility index (Phi) is 6.31. The van der Waals surface area contributed by atoms with Crippen molar-refractivity contribution < 1.29 is 19.1 Å². The standard InChI is InChI=1S/C20H20N2O4S2/c1-5-26-20(24)17-11(2)16-18(21-12(3)22-19(16)28-17)27-10-15(23)13-7-6-8-14(9-13)25-4/h6-9H,5,10H2,1-4H3. The summed E-state index contributed by atoms with van der Waals surface area (Å²) in [6.45, 7) is 5.74. The Labute approximate surface area is 171 Å². The molecule has 0 saturated heterocycles. The first-order chi connectivity index (χ1) is 13.4. The van der Waals surface area contributed by atoms with Gasteiger partial charge in [-0.05, 0) is 38.5 Å². The predicted octanol–water partition coefficient (Wildman–Crippen LogP) is 4.47. The van der Waals surface area contributed by atoms with Crippen LogP contribution in [0.1, 0.15) is 38.3 Å². The van der Waals surface area contributed by atoms with Gasteiger partial charge in [-0.15, -0.1) is 11.3 Å². The Bertz CT molecular complexity index is 1050. The van der Waals surface area contributed by atoms with Crippen LogP contribution in [0.4, 0.5) is 0 Å². The summed E-state index contributed by atoms with van der Waals surface area (Å²) in [4.78, 5) is 35.0. The number of thiophene rings is 1. The van der Waals surface area contributed by atoms with Crippen molar-refractivity contribution in [1.82, 2.24) is 9.97 Å². The van der Waals surface area contributed by atoms with Crippen molar-refractivity contribution in [2.45, 2.75) is 25.8 Å². The van der Waals surface area contributed by atoms with Crippen LogP contribution in [-0.2, 0) is 4.74 Å². The summed E-state index contributed by atoms with van der Waals surface area (Å²) in [5, 5.41) is 1.50. The number of benzene rings is 1. The van der Waals surface area contributed by atoms with E-state index in [1.807, 2.05) is 6.92 Å². The second kappa shape index (κ2) is 8.70. The molecule has 2 aromatic heterocycles. The highest BCUT2D eigenvalue weighted by molar-refractivity contribution is 8.00. The van der Waals surface area contributed by atoms with Crippen molar-refractivity contribution in [3.8, 4) is 5.75 Å². The molecule has 0 bridgehead atoms. The van der Waals surface area contributed by atoms with Gasteiger partial charge in [0.05, 0.1) is 19.5 Å². The lowest BCUT2D eigenvalue weighted by Gasteiger charge is -2.06. The zero-order valence-electron chi connectivity index (χ0n) is 16.1. The maximum absolute atomic E-state index is 12.6. The number of rotatable bonds is 7. The highest BCUT2D eigenvalue weighted by Gasteiger charge is 2.21. The van der Waals surface area contributed by atoms with E-state index in [-0.39, 0.29) is 17.5 Å². The Morgan fingerprint density at radius 1 is 1.21 bits per heavy atom. The highest BCUT2D eigenvalue weighted by atomic mass is 32.2. The van der Waals surface area contributed by atoms with Gasteiger partial charge in [0.1, 0.15) is 26.3 Å². The van der Waals surface area contributed by atoms with Crippen LogP contribution < -0.4 is 4.74 Å². The summed E-state index contributed by atoms with van der Waals surface area (Å²) in [7, 11) is 1.57. The summed E-state index contributed by atoms with van der Waals surface area (Å²) in [5.74, 6) is 1.09. The van der Waals surface area contributed by atoms with Gasteiger partial charge in [0.15, 0.2) is 5.78 Å². The van der Waals surface area contributed by atoms with Crippen LogP contribution in [0.2, 0.25) is 0 Å². The van der Waals surface area contributed by atoms with Crippen molar-refractivity contribution in [3.63, 3.8) is 0 Å². The first-order valence-corrected chi connectivity index (χ1v) is 10.5. The molecular weight excluding hydrogens is 396 g/mol. The average molecular weight is 417 g/mol. The molecule has 0 radical (unpaired) electrons. The van der Waals surface area contributed by atoms with Crippen LogP contribution in [0.15, 0.2) is 29.3 Å². The summed E-state index contributed by atoms with van der Waals surface area (Å²) in [6.07, 6.45) is 0. The molecule has 0 aliphatic carbocycles. The molecule has 3 aromatic rings. The Morgan fingerprint density at radius 3 is 2.71 bits per heavy atom. The van der Waals surface area contributed by atoms with Crippen LogP contribution in [0.25, 0.3) is 10.2 Å². The molecule has 0 aliphatic heterocycles. The van der Waals surface area contributed by atoms with Crippen LogP contribution in [0, 0.1) is 13.8 Å². The average Bonchev–Trinajstić information content (AvgIpc) is 3.02. The van der Waals surface area contributed by atoms with Gasteiger partial charge in [-0.1, -0.05) is 23.9 Å².